The van der Waals surface area contributed by atoms with Crippen LogP contribution in [0.2, 0.25) is 0 Å². The van der Waals surface area contributed by atoms with Crippen LogP contribution in [0.1, 0.15) is 32.1 Å². The minimum Gasteiger partial charge on any atom is -0.372 e. The van der Waals surface area contributed by atoms with Crippen LogP contribution >= 0.6 is 0 Å². The minimum absolute atomic E-state index is 0.327. The molecule has 1 saturated carbocycles. The van der Waals surface area contributed by atoms with E-state index >= 15 is 0 Å². The van der Waals surface area contributed by atoms with E-state index < -0.39 is 0 Å². The van der Waals surface area contributed by atoms with Gasteiger partial charge < -0.3 is 15.8 Å². The minimum atomic E-state index is 0.327. The van der Waals surface area contributed by atoms with Crippen molar-refractivity contribution in [2.75, 3.05) is 13.1 Å². The highest BCUT2D eigenvalue weighted by atomic mass is 16.5. The van der Waals surface area contributed by atoms with Crippen LogP contribution in [0.4, 0.5) is 0 Å². The summed E-state index contributed by atoms with van der Waals surface area (Å²) in [5, 5.41) is 3.54. The lowest BCUT2D eigenvalue weighted by molar-refractivity contribution is 0.0471. The van der Waals surface area contributed by atoms with Gasteiger partial charge in [0.05, 0.1) is 12.2 Å². The number of nitrogens with two attached hydrogens (primary N) is 1. The zero-order chi connectivity index (χ0) is 9.10. The molecule has 0 aromatic heterocycles. The molecule has 76 valence electrons. The van der Waals surface area contributed by atoms with Crippen LogP contribution in [0.25, 0.3) is 0 Å². The van der Waals surface area contributed by atoms with E-state index in [9.17, 15) is 0 Å². The Morgan fingerprint density at radius 2 is 1.92 bits per heavy atom. The predicted octanol–water partition coefficient (Wildman–Crippen LogP) is 0.635. The number of rotatable bonds is 4. The monoisotopic (exact) mass is 184 g/mol. The summed E-state index contributed by atoms with van der Waals surface area (Å²) in [6, 6.07) is 0.778. The van der Waals surface area contributed by atoms with Crippen molar-refractivity contribution in [1.29, 1.82) is 0 Å². The smallest absolute Gasteiger partial charge is 0.0704 e. The fourth-order valence-electron chi connectivity index (χ4n) is 2.01. The summed E-state index contributed by atoms with van der Waals surface area (Å²) in [4.78, 5) is 0. The second kappa shape index (κ2) is 4.40. The van der Waals surface area contributed by atoms with E-state index in [-0.39, 0.29) is 0 Å². The fourth-order valence-corrected chi connectivity index (χ4v) is 2.01. The quantitative estimate of drug-likeness (QED) is 0.674. The molecule has 2 aliphatic rings. The Hall–Kier alpha value is -0.120. The van der Waals surface area contributed by atoms with Gasteiger partial charge in [-0.3, -0.25) is 0 Å². The third-order valence-electron chi connectivity index (χ3n) is 3.20. The molecule has 3 N–H and O–H groups in total. The van der Waals surface area contributed by atoms with Crippen molar-refractivity contribution in [3.8, 4) is 0 Å². The maximum atomic E-state index is 5.74. The van der Waals surface area contributed by atoms with Gasteiger partial charge >= 0.3 is 0 Å². The van der Waals surface area contributed by atoms with Gasteiger partial charge in [0.1, 0.15) is 0 Å². The molecule has 2 rings (SSSR count). The molecule has 0 aromatic rings. The third-order valence-corrected chi connectivity index (χ3v) is 3.20. The van der Waals surface area contributed by atoms with Gasteiger partial charge in [-0.25, -0.2) is 0 Å². The summed E-state index contributed by atoms with van der Waals surface area (Å²) in [5.74, 6) is 0. The molecule has 3 heteroatoms. The van der Waals surface area contributed by atoms with E-state index in [4.69, 9.17) is 10.5 Å². The van der Waals surface area contributed by atoms with Gasteiger partial charge in [-0.2, -0.15) is 0 Å². The summed E-state index contributed by atoms with van der Waals surface area (Å²) in [5.41, 5.74) is 5.54. The van der Waals surface area contributed by atoms with Crippen molar-refractivity contribution in [1.82, 2.24) is 5.32 Å². The third kappa shape index (κ3) is 2.42. The lowest BCUT2D eigenvalue weighted by atomic mass is 9.93. The number of ether oxygens (including phenoxy) is 1. The molecule has 2 fully saturated rings. The van der Waals surface area contributed by atoms with Crippen LogP contribution in [-0.4, -0.2) is 31.3 Å². The summed E-state index contributed by atoms with van der Waals surface area (Å²) in [6.07, 6.45) is 7.19. The van der Waals surface area contributed by atoms with Gasteiger partial charge in [0.25, 0.3) is 0 Å². The van der Waals surface area contributed by atoms with E-state index in [1.165, 1.54) is 25.7 Å². The predicted molar refractivity (Wildman–Crippen MR) is 52.6 cm³/mol. The van der Waals surface area contributed by atoms with Gasteiger partial charge in [0.15, 0.2) is 0 Å². The Kier molecular flexibility index (Phi) is 3.19. The maximum absolute atomic E-state index is 5.74. The summed E-state index contributed by atoms with van der Waals surface area (Å²) < 4.78 is 5.74. The van der Waals surface area contributed by atoms with E-state index in [0.717, 1.165) is 19.0 Å². The average molecular weight is 184 g/mol. The Bertz CT molecular complexity index is 159. The summed E-state index contributed by atoms with van der Waals surface area (Å²) in [7, 11) is 0. The maximum Gasteiger partial charge on any atom is 0.0704 e. The van der Waals surface area contributed by atoms with Gasteiger partial charge in [0.2, 0.25) is 0 Å². The highest BCUT2D eigenvalue weighted by Crippen LogP contribution is 2.21. The standard InChI is InChI=1S/C10H20N2O/c11-6-9-4-5-10(13-9)7-12-8-2-1-3-8/h8-10,12H,1-7,11H2. The zero-order valence-electron chi connectivity index (χ0n) is 8.17. The molecule has 2 atom stereocenters. The highest BCUT2D eigenvalue weighted by Gasteiger charge is 2.25. The van der Waals surface area contributed by atoms with Crippen molar-refractivity contribution in [3.05, 3.63) is 0 Å². The molecule has 0 radical (unpaired) electrons. The van der Waals surface area contributed by atoms with Crippen LogP contribution in [0.5, 0.6) is 0 Å². The Balaban J connectivity index is 1.59. The first-order chi connectivity index (χ1) is 6.38. The zero-order valence-corrected chi connectivity index (χ0v) is 8.17. The summed E-state index contributed by atoms with van der Waals surface area (Å²) >= 11 is 0. The lowest BCUT2D eigenvalue weighted by Gasteiger charge is -2.27. The van der Waals surface area contributed by atoms with Crippen LogP contribution < -0.4 is 11.1 Å². The van der Waals surface area contributed by atoms with Crippen LogP contribution in [0.3, 0.4) is 0 Å². The normalized spacial score (nSPS) is 34.8. The van der Waals surface area contributed by atoms with Crippen LogP contribution in [-0.2, 0) is 4.74 Å². The molecule has 13 heavy (non-hydrogen) atoms. The molecule has 0 spiro atoms. The van der Waals surface area contributed by atoms with Crippen molar-refractivity contribution < 1.29 is 4.74 Å². The first-order valence-electron chi connectivity index (χ1n) is 5.47. The Morgan fingerprint density at radius 1 is 1.15 bits per heavy atom. The molecular formula is C10H20N2O. The molecule has 1 heterocycles. The van der Waals surface area contributed by atoms with Crippen molar-refractivity contribution in [2.24, 2.45) is 5.73 Å². The number of hydrogen-bond donors (Lipinski definition) is 2. The molecule has 1 saturated heterocycles. The Labute approximate surface area is 80.0 Å². The molecule has 3 nitrogen and oxygen atoms in total. The van der Waals surface area contributed by atoms with Crippen molar-refractivity contribution >= 4 is 0 Å². The average Bonchev–Trinajstić information content (AvgIpc) is 2.49. The van der Waals surface area contributed by atoms with Crippen LogP contribution in [0, 0.1) is 0 Å². The number of nitrogens with one attached hydrogen (secondary N) is 1. The van der Waals surface area contributed by atoms with Crippen molar-refractivity contribution in [2.45, 2.75) is 50.4 Å². The van der Waals surface area contributed by atoms with Gasteiger partial charge in [-0.1, -0.05) is 6.42 Å². The first-order valence-corrected chi connectivity index (χ1v) is 5.47. The number of hydrogen-bond acceptors (Lipinski definition) is 3. The SMILES string of the molecule is NCC1CCC(CNC2CCC2)O1. The van der Waals surface area contributed by atoms with Gasteiger partial charge in [-0.15, -0.1) is 0 Å². The van der Waals surface area contributed by atoms with E-state index in [1.54, 1.807) is 0 Å². The summed E-state index contributed by atoms with van der Waals surface area (Å²) in [6.45, 7) is 1.71. The van der Waals surface area contributed by atoms with Crippen LogP contribution in [0.15, 0.2) is 0 Å². The topological polar surface area (TPSA) is 47.3 Å². The molecule has 1 aliphatic heterocycles. The van der Waals surface area contributed by atoms with Gasteiger partial charge in [-0.05, 0) is 25.7 Å². The molecule has 1 aliphatic carbocycles. The second-order valence-electron chi connectivity index (χ2n) is 4.23. The van der Waals surface area contributed by atoms with Gasteiger partial charge in [0, 0.05) is 19.1 Å². The molecular weight excluding hydrogens is 164 g/mol. The van der Waals surface area contributed by atoms with E-state index in [2.05, 4.69) is 5.32 Å². The molecule has 0 aromatic carbocycles. The lowest BCUT2D eigenvalue weighted by Crippen LogP contribution is -2.40. The Morgan fingerprint density at radius 3 is 2.46 bits per heavy atom. The molecule has 0 bridgehead atoms. The highest BCUT2D eigenvalue weighted by molar-refractivity contribution is 4.81. The second-order valence-corrected chi connectivity index (χ2v) is 4.23. The molecule has 2 unspecified atom stereocenters. The molecule has 0 amide bonds. The van der Waals surface area contributed by atoms with E-state index in [1.807, 2.05) is 0 Å². The first kappa shape index (κ1) is 9.44. The fraction of sp³-hybridized carbons (Fsp3) is 1.00. The van der Waals surface area contributed by atoms with Crippen molar-refractivity contribution in [3.63, 3.8) is 0 Å². The largest absolute Gasteiger partial charge is 0.372 e. The van der Waals surface area contributed by atoms with E-state index in [0.29, 0.717) is 18.8 Å².